The Morgan fingerprint density at radius 3 is 2.39 bits per heavy atom. The molecule has 1 saturated heterocycles. The first kappa shape index (κ1) is 30.1. The van der Waals surface area contributed by atoms with Crippen LogP contribution in [0.1, 0.15) is 57.0 Å². The molecule has 1 aromatic heterocycles. The molecule has 1 amide bonds. The molecule has 0 saturated carbocycles. The van der Waals surface area contributed by atoms with E-state index in [2.05, 4.69) is 36.1 Å². The number of hydrogen-bond acceptors (Lipinski definition) is 7. The normalized spacial score (nSPS) is 13.9. The number of amides is 1. The molecular weight excluding hydrogens is 518 g/mol. The van der Waals surface area contributed by atoms with E-state index >= 15 is 0 Å². The van der Waals surface area contributed by atoms with E-state index in [1.54, 1.807) is 13.3 Å². The van der Waals surface area contributed by atoms with E-state index in [1.807, 2.05) is 67.3 Å². The first-order valence-corrected chi connectivity index (χ1v) is 14.4. The molecule has 1 aliphatic rings. The summed E-state index contributed by atoms with van der Waals surface area (Å²) in [6, 6.07) is 15.2. The Labute approximate surface area is 243 Å². The number of anilines is 2. The predicted octanol–water partition coefficient (Wildman–Crippen LogP) is 4.73. The number of carbonyl (C=O) groups is 1. The Balaban J connectivity index is 1.54. The molecule has 0 radical (unpaired) electrons. The second-order valence-electron chi connectivity index (χ2n) is 11.6. The zero-order valence-corrected chi connectivity index (χ0v) is 25.1. The van der Waals surface area contributed by atoms with Crippen molar-refractivity contribution in [1.29, 1.82) is 0 Å². The van der Waals surface area contributed by atoms with Crippen molar-refractivity contribution >= 4 is 17.3 Å². The number of nitrogens with zero attached hydrogens (tertiary/aromatic N) is 4. The van der Waals surface area contributed by atoms with Crippen molar-refractivity contribution in [2.45, 2.75) is 52.6 Å². The maximum Gasteiger partial charge on any atom is 0.296 e. The van der Waals surface area contributed by atoms with Crippen molar-refractivity contribution in [2.24, 2.45) is 0 Å². The molecule has 9 nitrogen and oxygen atoms in total. The van der Waals surface area contributed by atoms with E-state index in [-0.39, 0.29) is 23.0 Å². The molecule has 0 aliphatic carbocycles. The zero-order valence-electron chi connectivity index (χ0n) is 25.1. The van der Waals surface area contributed by atoms with Gasteiger partial charge in [-0.2, -0.15) is 9.78 Å². The fraction of sp³-hybridized carbons (Fsp3) is 0.469. The monoisotopic (exact) mass is 561 g/mol. The minimum absolute atomic E-state index is 0.0475. The molecule has 1 aliphatic heterocycles. The summed E-state index contributed by atoms with van der Waals surface area (Å²) in [5, 5.41) is 7.88. The van der Waals surface area contributed by atoms with Crippen LogP contribution in [0.5, 0.6) is 5.75 Å². The summed E-state index contributed by atoms with van der Waals surface area (Å²) < 4.78 is 12.6. The average Bonchev–Trinajstić information content (AvgIpc) is 2.96. The van der Waals surface area contributed by atoms with Crippen molar-refractivity contribution < 1.29 is 14.3 Å². The van der Waals surface area contributed by atoms with Gasteiger partial charge < -0.3 is 24.6 Å². The van der Waals surface area contributed by atoms with E-state index in [0.717, 1.165) is 17.7 Å². The van der Waals surface area contributed by atoms with Crippen LogP contribution in [0.2, 0.25) is 0 Å². The van der Waals surface area contributed by atoms with Crippen molar-refractivity contribution in [3.8, 4) is 11.4 Å². The average molecular weight is 562 g/mol. The van der Waals surface area contributed by atoms with Crippen LogP contribution in [-0.4, -0.2) is 73.1 Å². The van der Waals surface area contributed by atoms with Crippen LogP contribution in [0.4, 0.5) is 11.4 Å². The topological polar surface area (TPSA) is 88.9 Å². The first-order valence-electron chi connectivity index (χ1n) is 14.4. The van der Waals surface area contributed by atoms with Gasteiger partial charge in [0.15, 0.2) is 0 Å². The van der Waals surface area contributed by atoms with Crippen LogP contribution >= 0.6 is 0 Å². The lowest BCUT2D eigenvalue weighted by Gasteiger charge is -2.37. The molecule has 1 fully saturated rings. The number of rotatable bonds is 10. The number of aromatic nitrogens is 2. The molecule has 0 spiro atoms. The van der Waals surface area contributed by atoms with Gasteiger partial charge in [-0.15, -0.1) is 0 Å². The molecule has 220 valence electrons. The van der Waals surface area contributed by atoms with Gasteiger partial charge in [0, 0.05) is 39.3 Å². The number of hydrogen-bond donors (Lipinski definition) is 1. The Bertz CT molecular complexity index is 1370. The molecule has 0 bridgehead atoms. The molecule has 2 aromatic carbocycles. The molecule has 4 rings (SSSR count). The van der Waals surface area contributed by atoms with Gasteiger partial charge in [0.1, 0.15) is 11.4 Å². The number of nitrogens with one attached hydrogen (secondary N) is 1. The van der Waals surface area contributed by atoms with Crippen LogP contribution < -0.4 is 20.5 Å². The number of para-hydroxylation sites is 1. The van der Waals surface area contributed by atoms with Gasteiger partial charge in [-0.3, -0.25) is 9.59 Å². The second-order valence-corrected chi connectivity index (χ2v) is 11.6. The molecular formula is C32H43N5O4. The highest BCUT2D eigenvalue weighted by Gasteiger charge is 2.28. The lowest BCUT2D eigenvalue weighted by atomic mass is 9.86. The Morgan fingerprint density at radius 2 is 1.76 bits per heavy atom. The number of piperazine rings is 1. The van der Waals surface area contributed by atoms with E-state index < -0.39 is 0 Å². The highest BCUT2D eigenvalue weighted by atomic mass is 16.5. The molecule has 9 heteroatoms. The van der Waals surface area contributed by atoms with Crippen molar-refractivity contribution in [1.82, 2.24) is 14.7 Å². The van der Waals surface area contributed by atoms with E-state index in [4.69, 9.17) is 9.47 Å². The minimum atomic E-state index is -0.208. The minimum Gasteiger partial charge on any atom is -0.496 e. The van der Waals surface area contributed by atoms with Crippen LogP contribution in [0.3, 0.4) is 0 Å². The zero-order chi connectivity index (χ0) is 29.6. The van der Waals surface area contributed by atoms with Gasteiger partial charge in [0.25, 0.3) is 11.5 Å². The van der Waals surface area contributed by atoms with E-state index in [9.17, 15) is 9.59 Å². The van der Waals surface area contributed by atoms with Crippen LogP contribution in [-0.2, 0) is 10.2 Å². The maximum atomic E-state index is 13.6. The van der Waals surface area contributed by atoms with Crippen molar-refractivity contribution in [2.75, 3.05) is 56.7 Å². The van der Waals surface area contributed by atoms with Gasteiger partial charge in [-0.05, 0) is 55.5 Å². The van der Waals surface area contributed by atoms with Crippen LogP contribution in [0.15, 0.2) is 59.5 Å². The number of methoxy groups -OCH3 is 1. The summed E-state index contributed by atoms with van der Waals surface area (Å²) in [5.74, 6) is 0.529. The van der Waals surface area contributed by atoms with Gasteiger partial charge in [-0.25, -0.2) is 0 Å². The third kappa shape index (κ3) is 7.27. The lowest BCUT2D eigenvalue weighted by Crippen LogP contribution is -2.49. The lowest BCUT2D eigenvalue weighted by molar-refractivity contribution is 0.0743. The Hall–Kier alpha value is -3.85. The third-order valence-electron chi connectivity index (χ3n) is 7.24. The van der Waals surface area contributed by atoms with E-state index in [0.29, 0.717) is 62.0 Å². The fourth-order valence-corrected chi connectivity index (χ4v) is 4.87. The smallest absolute Gasteiger partial charge is 0.296 e. The summed E-state index contributed by atoms with van der Waals surface area (Å²) >= 11 is 0. The summed E-state index contributed by atoms with van der Waals surface area (Å²) in [6.45, 7) is 13.8. The Kier molecular flexibility index (Phi) is 9.70. The quantitative estimate of drug-likeness (QED) is 0.358. The summed E-state index contributed by atoms with van der Waals surface area (Å²) in [7, 11) is 1.59. The second kappa shape index (κ2) is 13.2. The molecule has 1 N–H and O–H groups in total. The number of benzene rings is 2. The first-order chi connectivity index (χ1) is 19.6. The maximum absolute atomic E-state index is 13.6. The highest BCUT2D eigenvalue weighted by Crippen LogP contribution is 2.30. The summed E-state index contributed by atoms with van der Waals surface area (Å²) in [5.41, 5.74) is 3.32. The number of ether oxygens (including phenoxy) is 2. The van der Waals surface area contributed by atoms with Gasteiger partial charge in [-0.1, -0.05) is 45.0 Å². The number of carbonyl (C=O) groups excluding carboxylic acids is 1. The largest absolute Gasteiger partial charge is 0.496 e. The van der Waals surface area contributed by atoms with Crippen LogP contribution in [0.25, 0.3) is 5.69 Å². The van der Waals surface area contributed by atoms with Gasteiger partial charge in [0.05, 0.1) is 36.3 Å². The Morgan fingerprint density at radius 1 is 1.05 bits per heavy atom. The molecule has 0 unspecified atom stereocenters. The van der Waals surface area contributed by atoms with Gasteiger partial charge >= 0.3 is 0 Å². The summed E-state index contributed by atoms with van der Waals surface area (Å²) in [6.07, 6.45) is 2.67. The SMILES string of the molecule is COc1ccc(C(C)(C)C)cc1C(=O)N1CCN(c2cnn(-c3ccccc3)c(=O)c2NCCCOC(C)C)CC1. The summed E-state index contributed by atoms with van der Waals surface area (Å²) in [4.78, 5) is 31.2. The highest BCUT2D eigenvalue weighted by molar-refractivity contribution is 5.97. The van der Waals surface area contributed by atoms with Crippen molar-refractivity contribution in [3.05, 3.63) is 76.2 Å². The fourth-order valence-electron chi connectivity index (χ4n) is 4.87. The third-order valence-corrected chi connectivity index (χ3v) is 7.24. The molecule has 0 atom stereocenters. The molecule has 41 heavy (non-hydrogen) atoms. The molecule has 3 aromatic rings. The van der Waals surface area contributed by atoms with Crippen molar-refractivity contribution in [3.63, 3.8) is 0 Å². The van der Waals surface area contributed by atoms with Crippen LogP contribution in [0, 0.1) is 0 Å². The van der Waals surface area contributed by atoms with E-state index in [1.165, 1.54) is 4.68 Å². The standard InChI is InChI=1S/C32H43N5O4/c1-23(2)41-20-10-15-33-29-27(22-34-37(31(29)39)25-11-8-7-9-12-25)35-16-18-36(19-17-35)30(38)26-21-24(32(3,4)5)13-14-28(26)40-6/h7-9,11-14,21-23,33H,10,15-20H2,1-6H3. The predicted molar refractivity (Wildman–Crippen MR) is 164 cm³/mol. The molecule has 2 heterocycles. The van der Waals surface area contributed by atoms with Gasteiger partial charge in [0.2, 0.25) is 0 Å².